The van der Waals surface area contributed by atoms with Crippen LogP contribution < -0.4 is 14.8 Å². The normalized spacial score (nSPS) is 16.9. The summed E-state index contributed by atoms with van der Waals surface area (Å²) in [4.78, 5) is 14.4. The van der Waals surface area contributed by atoms with E-state index in [0.29, 0.717) is 24.9 Å². The monoisotopic (exact) mass is 368 g/mol. The van der Waals surface area contributed by atoms with Gasteiger partial charge in [-0.05, 0) is 55.8 Å². The predicted molar refractivity (Wildman–Crippen MR) is 106 cm³/mol. The fraction of sp³-hybridized carbons (Fsp3) is 0.409. The zero-order chi connectivity index (χ0) is 18.9. The molecule has 3 rings (SSSR count). The van der Waals surface area contributed by atoms with Crippen molar-refractivity contribution in [2.24, 2.45) is 0 Å². The van der Waals surface area contributed by atoms with Gasteiger partial charge in [0.2, 0.25) is 0 Å². The lowest BCUT2D eigenvalue weighted by molar-refractivity contribution is -0.123. The first kappa shape index (κ1) is 19.2. The topological polar surface area (TPSA) is 50.8 Å². The summed E-state index contributed by atoms with van der Waals surface area (Å²) in [5, 5.41) is 2.98. The third kappa shape index (κ3) is 6.00. The van der Waals surface area contributed by atoms with Gasteiger partial charge in [0.25, 0.3) is 5.91 Å². The number of rotatable bonds is 9. The largest absolute Gasteiger partial charge is 0.489 e. The van der Waals surface area contributed by atoms with Crippen molar-refractivity contribution in [2.45, 2.75) is 32.4 Å². The van der Waals surface area contributed by atoms with E-state index in [1.54, 1.807) is 0 Å². The molecule has 1 amide bonds. The number of ether oxygens (including phenoxy) is 2. The van der Waals surface area contributed by atoms with Crippen molar-refractivity contribution >= 4 is 5.91 Å². The molecule has 1 N–H and O–H groups in total. The molecule has 0 radical (unpaired) electrons. The van der Waals surface area contributed by atoms with Crippen LogP contribution in [0.2, 0.25) is 0 Å². The van der Waals surface area contributed by atoms with Crippen LogP contribution >= 0.6 is 0 Å². The van der Waals surface area contributed by atoms with Crippen molar-refractivity contribution in [3.63, 3.8) is 0 Å². The zero-order valence-electron chi connectivity index (χ0n) is 15.9. The van der Waals surface area contributed by atoms with Gasteiger partial charge in [0.05, 0.1) is 0 Å². The molecule has 0 unspecified atom stereocenters. The van der Waals surface area contributed by atoms with Crippen molar-refractivity contribution in [1.29, 1.82) is 0 Å². The number of amides is 1. The molecular formula is C22H28N2O3. The van der Waals surface area contributed by atoms with Gasteiger partial charge in [-0.1, -0.05) is 37.3 Å². The number of nitrogens with zero attached hydrogens (tertiary/aromatic N) is 1. The van der Waals surface area contributed by atoms with E-state index in [4.69, 9.17) is 9.47 Å². The maximum atomic E-state index is 12.0. The van der Waals surface area contributed by atoms with Crippen molar-refractivity contribution in [1.82, 2.24) is 10.2 Å². The minimum Gasteiger partial charge on any atom is -0.489 e. The molecule has 1 atom stereocenters. The van der Waals surface area contributed by atoms with E-state index in [1.807, 2.05) is 54.6 Å². The second-order valence-electron chi connectivity index (χ2n) is 6.76. The number of benzene rings is 2. The Hall–Kier alpha value is -2.53. The maximum absolute atomic E-state index is 12.0. The SMILES string of the molecule is CCN1CCC[C@H]1CNC(=O)COc1ccc(OCc2ccccc2)cc1. The highest BCUT2D eigenvalue weighted by molar-refractivity contribution is 5.77. The molecule has 1 saturated heterocycles. The average molecular weight is 368 g/mol. The lowest BCUT2D eigenvalue weighted by Gasteiger charge is -2.22. The van der Waals surface area contributed by atoms with Gasteiger partial charge in [0.1, 0.15) is 18.1 Å². The molecule has 27 heavy (non-hydrogen) atoms. The van der Waals surface area contributed by atoms with Gasteiger partial charge in [-0.2, -0.15) is 0 Å². The van der Waals surface area contributed by atoms with Crippen LogP contribution in [0.3, 0.4) is 0 Å². The minimum absolute atomic E-state index is 0.0308. The average Bonchev–Trinajstić information content (AvgIpc) is 3.18. The summed E-state index contributed by atoms with van der Waals surface area (Å²) in [6, 6.07) is 17.8. The van der Waals surface area contributed by atoms with Crippen LogP contribution in [0, 0.1) is 0 Å². The van der Waals surface area contributed by atoms with Gasteiger partial charge < -0.3 is 14.8 Å². The molecule has 1 aliphatic rings. The van der Waals surface area contributed by atoms with E-state index >= 15 is 0 Å². The third-order valence-electron chi connectivity index (χ3n) is 4.88. The highest BCUT2D eigenvalue weighted by Crippen LogP contribution is 2.19. The fourth-order valence-electron chi connectivity index (χ4n) is 3.35. The first-order chi connectivity index (χ1) is 13.2. The van der Waals surface area contributed by atoms with Crippen molar-refractivity contribution < 1.29 is 14.3 Å². The molecule has 5 nitrogen and oxygen atoms in total. The van der Waals surface area contributed by atoms with Gasteiger partial charge in [0.15, 0.2) is 6.61 Å². The Bertz CT molecular complexity index is 703. The summed E-state index contributed by atoms with van der Waals surface area (Å²) in [6.07, 6.45) is 2.36. The van der Waals surface area contributed by atoms with Crippen LogP contribution in [0.25, 0.3) is 0 Å². The lowest BCUT2D eigenvalue weighted by Crippen LogP contribution is -2.41. The second kappa shape index (κ2) is 9.97. The first-order valence-corrected chi connectivity index (χ1v) is 9.65. The Morgan fingerprint density at radius 1 is 1.07 bits per heavy atom. The van der Waals surface area contributed by atoms with Crippen LogP contribution in [0.1, 0.15) is 25.3 Å². The third-order valence-corrected chi connectivity index (χ3v) is 4.88. The highest BCUT2D eigenvalue weighted by Gasteiger charge is 2.23. The molecule has 2 aromatic carbocycles. The summed E-state index contributed by atoms with van der Waals surface area (Å²) < 4.78 is 11.3. The van der Waals surface area contributed by atoms with Gasteiger partial charge in [-0.15, -0.1) is 0 Å². The smallest absolute Gasteiger partial charge is 0.257 e. The Balaban J connectivity index is 1.37. The van der Waals surface area contributed by atoms with E-state index in [0.717, 1.165) is 30.8 Å². The summed E-state index contributed by atoms with van der Waals surface area (Å²) in [7, 11) is 0. The Morgan fingerprint density at radius 3 is 2.48 bits per heavy atom. The van der Waals surface area contributed by atoms with Crippen LogP contribution in [0.15, 0.2) is 54.6 Å². The highest BCUT2D eigenvalue weighted by atomic mass is 16.5. The van der Waals surface area contributed by atoms with Gasteiger partial charge in [-0.25, -0.2) is 0 Å². The van der Waals surface area contributed by atoms with E-state index in [1.165, 1.54) is 6.42 Å². The standard InChI is InChI=1S/C22H28N2O3/c1-2-24-14-6-9-19(24)15-23-22(25)17-27-21-12-10-20(11-13-21)26-16-18-7-4-3-5-8-18/h3-5,7-8,10-13,19H,2,6,9,14-17H2,1H3,(H,23,25)/t19-/m0/s1. The quantitative estimate of drug-likeness (QED) is 0.738. The van der Waals surface area contributed by atoms with Crippen LogP contribution in [-0.2, 0) is 11.4 Å². The zero-order valence-corrected chi connectivity index (χ0v) is 15.9. The van der Waals surface area contributed by atoms with E-state index in [-0.39, 0.29) is 12.5 Å². The molecule has 2 aromatic rings. The molecule has 0 saturated carbocycles. The molecule has 0 aliphatic carbocycles. The number of hydrogen-bond acceptors (Lipinski definition) is 4. The van der Waals surface area contributed by atoms with Crippen LogP contribution in [-0.4, -0.2) is 43.1 Å². The second-order valence-corrected chi connectivity index (χ2v) is 6.76. The van der Waals surface area contributed by atoms with Crippen LogP contribution in [0.4, 0.5) is 0 Å². The Kier molecular flexibility index (Phi) is 7.11. The van der Waals surface area contributed by atoms with E-state index in [9.17, 15) is 4.79 Å². The number of carbonyl (C=O) groups excluding carboxylic acids is 1. The summed E-state index contributed by atoms with van der Waals surface area (Å²) in [5.41, 5.74) is 1.12. The molecule has 1 heterocycles. The van der Waals surface area contributed by atoms with Crippen molar-refractivity contribution in [2.75, 3.05) is 26.2 Å². The molecule has 5 heteroatoms. The Morgan fingerprint density at radius 2 is 1.78 bits per heavy atom. The van der Waals surface area contributed by atoms with Gasteiger partial charge in [0, 0.05) is 12.6 Å². The number of likely N-dealkylation sites (N-methyl/N-ethyl adjacent to an activating group) is 1. The molecule has 0 aromatic heterocycles. The number of likely N-dealkylation sites (tertiary alicyclic amines) is 1. The molecule has 0 spiro atoms. The molecule has 0 bridgehead atoms. The number of carbonyl (C=O) groups is 1. The molecule has 1 aliphatic heterocycles. The fourth-order valence-corrected chi connectivity index (χ4v) is 3.35. The number of hydrogen-bond donors (Lipinski definition) is 1. The molecule has 144 valence electrons. The summed E-state index contributed by atoms with van der Waals surface area (Å²) >= 11 is 0. The van der Waals surface area contributed by atoms with E-state index < -0.39 is 0 Å². The minimum atomic E-state index is -0.0812. The van der Waals surface area contributed by atoms with Crippen LogP contribution in [0.5, 0.6) is 11.5 Å². The Labute approximate surface area is 161 Å². The molecule has 1 fully saturated rings. The predicted octanol–water partition coefficient (Wildman–Crippen LogP) is 3.24. The lowest BCUT2D eigenvalue weighted by atomic mass is 10.2. The number of nitrogens with one attached hydrogen (secondary N) is 1. The summed E-state index contributed by atoms with van der Waals surface area (Å²) in [6.45, 7) is 5.59. The van der Waals surface area contributed by atoms with Crippen molar-refractivity contribution in [3.05, 3.63) is 60.2 Å². The maximum Gasteiger partial charge on any atom is 0.257 e. The van der Waals surface area contributed by atoms with Gasteiger partial charge in [-0.3, -0.25) is 9.69 Å². The van der Waals surface area contributed by atoms with Crippen molar-refractivity contribution in [3.8, 4) is 11.5 Å². The summed E-state index contributed by atoms with van der Waals surface area (Å²) in [5.74, 6) is 1.35. The van der Waals surface area contributed by atoms with E-state index in [2.05, 4.69) is 17.1 Å². The van der Waals surface area contributed by atoms with Gasteiger partial charge >= 0.3 is 0 Å². The first-order valence-electron chi connectivity index (χ1n) is 9.65. The molecular weight excluding hydrogens is 340 g/mol.